The van der Waals surface area contributed by atoms with Gasteiger partial charge in [0.2, 0.25) is 0 Å². The molecule has 1 fully saturated rings. The Labute approximate surface area is 187 Å². The van der Waals surface area contributed by atoms with Crippen LogP contribution in [0.15, 0.2) is 72.8 Å². The minimum Gasteiger partial charge on any atom is -0.0843 e. The van der Waals surface area contributed by atoms with Gasteiger partial charge >= 0.3 is 0 Å². The summed E-state index contributed by atoms with van der Waals surface area (Å²) in [6.07, 6.45) is 10.4. The van der Waals surface area contributed by atoms with E-state index in [1.807, 2.05) is 12.1 Å². The van der Waals surface area contributed by atoms with Crippen molar-refractivity contribution in [3.8, 4) is 11.1 Å². The molecule has 1 aliphatic rings. The SMILES string of the molecule is CCCc1ccc([C@H]2CC[C@H](CCc3ccc(-c4ccc(Cl)cc4)cc3)CC2)cc1. The third-order valence-corrected chi connectivity index (χ3v) is 7.06. The first-order valence-corrected chi connectivity index (χ1v) is 12.0. The molecule has 0 aliphatic heterocycles. The lowest BCUT2D eigenvalue weighted by Gasteiger charge is -2.29. The maximum atomic E-state index is 6.00. The van der Waals surface area contributed by atoms with Crippen LogP contribution in [0.25, 0.3) is 11.1 Å². The number of benzene rings is 3. The van der Waals surface area contributed by atoms with E-state index in [9.17, 15) is 0 Å². The molecule has 0 unspecified atom stereocenters. The van der Waals surface area contributed by atoms with Crippen molar-refractivity contribution < 1.29 is 0 Å². The molecule has 156 valence electrons. The first-order chi connectivity index (χ1) is 14.7. The van der Waals surface area contributed by atoms with E-state index < -0.39 is 0 Å². The van der Waals surface area contributed by atoms with E-state index in [0.29, 0.717) is 0 Å². The highest BCUT2D eigenvalue weighted by atomic mass is 35.5. The fraction of sp³-hybridized carbons (Fsp3) is 0.379. The zero-order chi connectivity index (χ0) is 20.8. The van der Waals surface area contributed by atoms with Gasteiger partial charge in [-0.05, 0) is 96.7 Å². The average molecular weight is 417 g/mol. The van der Waals surface area contributed by atoms with Gasteiger partial charge in [-0.3, -0.25) is 0 Å². The Morgan fingerprint density at radius 1 is 0.667 bits per heavy atom. The summed E-state index contributed by atoms with van der Waals surface area (Å²) < 4.78 is 0. The van der Waals surface area contributed by atoms with Gasteiger partial charge in [0, 0.05) is 5.02 Å². The van der Waals surface area contributed by atoms with E-state index in [-0.39, 0.29) is 0 Å². The molecule has 0 radical (unpaired) electrons. The van der Waals surface area contributed by atoms with Gasteiger partial charge in [0.1, 0.15) is 0 Å². The summed E-state index contributed by atoms with van der Waals surface area (Å²) in [4.78, 5) is 0. The fourth-order valence-corrected chi connectivity index (χ4v) is 5.03. The number of hydrogen-bond acceptors (Lipinski definition) is 0. The molecule has 3 aromatic rings. The molecule has 0 heterocycles. The van der Waals surface area contributed by atoms with Crippen LogP contribution < -0.4 is 0 Å². The Morgan fingerprint density at radius 3 is 1.80 bits per heavy atom. The van der Waals surface area contributed by atoms with Crippen molar-refractivity contribution in [2.45, 2.75) is 64.2 Å². The fourth-order valence-electron chi connectivity index (χ4n) is 4.91. The second-order valence-corrected chi connectivity index (χ2v) is 9.39. The Kier molecular flexibility index (Phi) is 7.28. The molecule has 1 saturated carbocycles. The Bertz CT molecular complexity index is 898. The van der Waals surface area contributed by atoms with Crippen molar-refractivity contribution in [1.29, 1.82) is 0 Å². The highest BCUT2D eigenvalue weighted by Crippen LogP contribution is 2.37. The summed E-state index contributed by atoms with van der Waals surface area (Å²) in [7, 11) is 0. The lowest BCUT2D eigenvalue weighted by molar-refractivity contribution is 0.310. The summed E-state index contributed by atoms with van der Waals surface area (Å²) in [5.74, 6) is 1.66. The van der Waals surface area contributed by atoms with Gasteiger partial charge in [0.05, 0.1) is 0 Å². The van der Waals surface area contributed by atoms with E-state index in [1.54, 1.807) is 5.56 Å². The zero-order valence-electron chi connectivity index (χ0n) is 18.1. The minimum absolute atomic E-state index is 0.774. The maximum Gasteiger partial charge on any atom is 0.0406 e. The molecule has 3 aromatic carbocycles. The Morgan fingerprint density at radius 2 is 1.20 bits per heavy atom. The van der Waals surface area contributed by atoms with E-state index in [4.69, 9.17) is 11.6 Å². The number of aryl methyl sites for hydroxylation is 2. The van der Waals surface area contributed by atoms with Gasteiger partial charge < -0.3 is 0 Å². The zero-order valence-corrected chi connectivity index (χ0v) is 18.9. The van der Waals surface area contributed by atoms with Gasteiger partial charge in [0.15, 0.2) is 0 Å². The van der Waals surface area contributed by atoms with E-state index in [0.717, 1.165) is 16.9 Å². The van der Waals surface area contributed by atoms with Crippen LogP contribution in [0.5, 0.6) is 0 Å². The van der Waals surface area contributed by atoms with Gasteiger partial charge in [-0.25, -0.2) is 0 Å². The monoisotopic (exact) mass is 416 g/mol. The normalized spacial score (nSPS) is 19.0. The summed E-state index contributed by atoms with van der Waals surface area (Å²) in [6, 6.07) is 26.7. The molecule has 0 spiro atoms. The van der Waals surface area contributed by atoms with Crippen molar-refractivity contribution in [1.82, 2.24) is 0 Å². The van der Waals surface area contributed by atoms with Crippen LogP contribution in [0.3, 0.4) is 0 Å². The number of hydrogen-bond donors (Lipinski definition) is 0. The second-order valence-electron chi connectivity index (χ2n) is 8.95. The van der Waals surface area contributed by atoms with Gasteiger partial charge in [-0.2, -0.15) is 0 Å². The summed E-state index contributed by atoms with van der Waals surface area (Å²) in [5, 5.41) is 0.790. The molecule has 0 aromatic heterocycles. The maximum absolute atomic E-state index is 6.00. The van der Waals surface area contributed by atoms with Crippen LogP contribution in [0.4, 0.5) is 0 Å². The molecular formula is C29H33Cl. The molecule has 0 saturated heterocycles. The molecule has 1 heteroatoms. The molecule has 1 aliphatic carbocycles. The standard InChI is InChI=1S/C29H33Cl/c1-2-3-22-6-12-25(13-7-22)26-14-8-23(9-15-26)4-5-24-10-16-27(17-11-24)28-18-20-29(30)21-19-28/h6-7,10-13,16-21,23,26H,2-5,8-9,14-15H2,1H3/t23-,26-. The van der Waals surface area contributed by atoms with E-state index in [1.165, 1.54) is 73.6 Å². The predicted molar refractivity (Wildman–Crippen MR) is 130 cm³/mol. The summed E-state index contributed by atoms with van der Waals surface area (Å²) >= 11 is 6.00. The second kappa shape index (κ2) is 10.3. The number of halogens is 1. The Balaban J connectivity index is 1.25. The van der Waals surface area contributed by atoms with Crippen LogP contribution in [0, 0.1) is 5.92 Å². The van der Waals surface area contributed by atoms with E-state index in [2.05, 4.69) is 67.6 Å². The highest BCUT2D eigenvalue weighted by Gasteiger charge is 2.22. The van der Waals surface area contributed by atoms with Crippen molar-refractivity contribution in [2.24, 2.45) is 5.92 Å². The molecule has 0 atom stereocenters. The minimum atomic E-state index is 0.774. The molecular weight excluding hydrogens is 384 g/mol. The lowest BCUT2D eigenvalue weighted by Crippen LogP contribution is -2.14. The molecule has 0 N–H and O–H groups in total. The van der Waals surface area contributed by atoms with Crippen LogP contribution in [-0.4, -0.2) is 0 Å². The largest absolute Gasteiger partial charge is 0.0843 e. The van der Waals surface area contributed by atoms with Crippen LogP contribution in [0.1, 0.15) is 68.1 Å². The van der Waals surface area contributed by atoms with E-state index >= 15 is 0 Å². The van der Waals surface area contributed by atoms with Crippen molar-refractivity contribution in [3.05, 3.63) is 94.5 Å². The third kappa shape index (κ3) is 5.55. The smallest absolute Gasteiger partial charge is 0.0406 e. The Hall–Kier alpha value is -2.05. The summed E-state index contributed by atoms with van der Waals surface area (Å²) in [6.45, 7) is 2.25. The first-order valence-electron chi connectivity index (χ1n) is 11.6. The highest BCUT2D eigenvalue weighted by molar-refractivity contribution is 6.30. The molecule has 4 rings (SSSR count). The number of rotatable bonds is 7. The van der Waals surface area contributed by atoms with Gasteiger partial charge in [-0.1, -0.05) is 85.6 Å². The summed E-state index contributed by atoms with van der Waals surface area (Å²) in [5.41, 5.74) is 7.00. The molecule has 30 heavy (non-hydrogen) atoms. The van der Waals surface area contributed by atoms with Crippen molar-refractivity contribution in [2.75, 3.05) is 0 Å². The third-order valence-electron chi connectivity index (χ3n) is 6.81. The average Bonchev–Trinajstić information content (AvgIpc) is 2.80. The van der Waals surface area contributed by atoms with Crippen LogP contribution >= 0.6 is 11.6 Å². The van der Waals surface area contributed by atoms with Gasteiger partial charge in [-0.15, -0.1) is 0 Å². The molecule has 0 bridgehead atoms. The van der Waals surface area contributed by atoms with Crippen LogP contribution in [0.2, 0.25) is 5.02 Å². The van der Waals surface area contributed by atoms with Crippen molar-refractivity contribution in [3.63, 3.8) is 0 Å². The van der Waals surface area contributed by atoms with Crippen LogP contribution in [-0.2, 0) is 12.8 Å². The van der Waals surface area contributed by atoms with Crippen molar-refractivity contribution >= 4 is 11.6 Å². The predicted octanol–water partition coefficient (Wildman–Crippen LogP) is 8.87. The topological polar surface area (TPSA) is 0 Å². The quantitative estimate of drug-likeness (QED) is 0.360. The lowest BCUT2D eigenvalue weighted by atomic mass is 9.77. The molecule has 0 amide bonds. The van der Waals surface area contributed by atoms with Gasteiger partial charge in [0.25, 0.3) is 0 Å². The first kappa shape index (κ1) is 21.2. The molecule has 0 nitrogen and oxygen atoms in total.